The predicted octanol–water partition coefficient (Wildman–Crippen LogP) is 11.5. The van der Waals surface area contributed by atoms with Crippen molar-refractivity contribution >= 4 is 49.3 Å². The van der Waals surface area contributed by atoms with Gasteiger partial charge in [0.2, 0.25) is 0 Å². The van der Waals surface area contributed by atoms with Gasteiger partial charge in [0.25, 0.3) is 0 Å². The van der Waals surface area contributed by atoms with E-state index in [-0.39, 0.29) is 0 Å². The molecular formula is C45H25N5. The van der Waals surface area contributed by atoms with E-state index in [1.54, 1.807) is 0 Å². The lowest BCUT2D eigenvalue weighted by molar-refractivity contribution is 1.17. The standard InChI is InChI=1S/C45H25N5/c1-48-34-19-20-38-39-23-29(27-46)17-21-44(39)50(45(38)26-34)41-14-5-2-11-35(41)32-10-8-9-30(24-32)31-18-22-40(33(25-31)28-47)49-42-15-6-3-12-36(42)37-13-4-7-16-43(37)49/h2-26H. The first-order valence-electron chi connectivity index (χ1n) is 16.3. The lowest BCUT2D eigenvalue weighted by Crippen LogP contribution is -1.98. The van der Waals surface area contributed by atoms with Crippen molar-refractivity contribution in [3.63, 3.8) is 0 Å². The zero-order valence-corrected chi connectivity index (χ0v) is 26.7. The van der Waals surface area contributed by atoms with Crippen LogP contribution in [0.1, 0.15) is 11.1 Å². The fourth-order valence-corrected chi connectivity index (χ4v) is 7.37. The molecule has 0 N–H and O–H groups in total. The van der Waals surface area contributed by atoms with Crippen molar-refractivity contribution < 1.29 is 0 Å². The van der Waals surface area contributed by atoms with Crippen LogP contribution in [0.5, 0.6) is 0 Å². The zero-order chi connectivity index (χ0) is 33.8. The second kappa shape index (κ2) is 11.4. The molecule has 0 radical (unpaired) electrons. The first kappa shape index (κ1) is 28.8. The van der Waals surface area contributed by atoms with Gasteiger partial charge in [0.15, 0.2) is 5.69 Å². The molecule has 0 spiro atoms. The molecular weight excluding hydrogens is 611 g/mol. The number of nitrogens with zero attached hydrogens (tertiary/aromatic N) is 5. The molecule has 0 fully saturated rings. The number of aromatic nitrogens is 2. The third kappa shape index (κ3) is 4.38. The Morgan fingerprint density at radius 1 is 0.460 bits per heavy atom. The quantitative estimate of drug-likeness (QED) is 0.181. The summed E-state index contributed by atoms with van der Waals surface area (Å²) in [5.41, 5.74) is 11.5. The molecule has 50 heavy (non-hydrogen) atoms. The minimum Gasteiger partial charge on any atom is -0.310 e. The summed E-state index contributed by atoms with van der Waals surface area (Å²) in [6.07, 6.45) is 0. The topological polar surface area (TPSA) is 61.8 Å². The lowest BCUT2D eigenvalue weighted by atomic mass is 9.96. The number of hydrogen-bond acceptors (Lipinski definition) is 2. The molecule has 0 saturated heterocycles. The summed E-state index contributed by atoms with van der Waals surface area (Å²) in [6, 6.07) is 55.7. The maximum atomic E-state index is 10.4. The van der Waals surface area contributed by atoms with E-state index in [1.165, 1.54) is 0 Å². The van der Waals surface area contributed by atoms with E-state index >= 15 is 0 Å². The number of hydrogen-bond donors (Lipinski definition) is 0. The molecule has 0 atom stereocenters. The van der Waals surface area contributed by atoms with Gasteiger partial charge in [-0.1, -0.05) is 91.0 Å². The van der Waals surface area contributed by atoms with Gasteiger partial charge in [0.05, 0.1) is 51.7 Å². The van der Waals surface area contributed by atoms with Gasteiger partial charge in [-0.25, -0.2) is 4.85 Å². The summed E-state index contributed by atoms with van der Waals surface area (Å²) in [4.78, 5) is 3.71. The van der Waals surface area contributed by atoms with Crippen molar-refractivity contribution in [2.75, 3.05) is 0 Å². The Morgan fingerprint density at radius 2 is 1.12 bits per heavy atom. The molecule has 2 heterocycles. The molecule has 0 aliphatic heterocycles. The summed E-state index contributed by atoms with van der Waals surface area (Å²) >= 11 is 0. The number of para-hydroxylation sites is 3. The Labute approximate surface area is 288 Å². The Kier molecular flexibility index (Phi) is 6.56. The van der Waals surface area contributed by atoms with Crippen LogP contribution in [0.15, 0.2) is 152 Å². The Bertz CT molecular complexity index is 2920. The Balaban J connectivity index is 1.20. The molecule has 0 bridgehead atoms. The Hall–Kier alpha value is -7.39. The van der Waals surface area contributed by atoms with Crippen LogP contribution in [0.2, 0.25) is 0 Å². The van der Waals surface area contributed by atoms with E-state index in [1.807, 2.05) is 66.7 Å². The SMILES string of the molecule is [C-]#[N+]c1ccc2c3cc(C#N)ccc3n(-c3ccccc3-c3cccc(-c4ccc(-n5c6ccccc6c6ccccc65)c(C#N)c4)c3)c2c1. The minimum absolute atomic E-state index is 0.555. The summed E-state index contributed by atoms with van der Waals surface area (Å²) in [5, 5.41) is 24.4. The van der Waals surface area contributed by atoms with Crippen LogP contribution in [0, 0.1) is 29.2 Å². The largest absolute Gasteiger partial charge is 0.310 e. The lowest BCUT2D eigenvalue weighted by Gasteiger charge is -2.15. The molecule has 0 unspecified atom stereocenters. The molecule has 9 rings (SSSR count). The second-order valence-corrected chi connectivity index (χ2v) is 12.3. The molecule has 0 aliphatic rings. The van der Waals surface area contributed by atoms with E-state index in [0.29, 0.717) is 16.8 Å². The van der Waals surface area contributed by atoms with Crippen LogP contribution < -0.4 is 0 Å². The highest BCUT2D eigenvalue weighted by atomic mass is 15.0. The average Bonchev–Trinajstić information content (AvgIpc) is 3.69. The molecule has 0 saturated carbocycles. The summed E-state index contributed by atoms with van der Waals surface area (Å²) in [7, 11) is 0. The van der Waals surface area contributed by atoms with Crippen molar-refractivity contribution in [2.45, 2.75) is 0 Å². The highest BCUT2D eigenvalue weighted by molar-refractivity contribution is 6.11. The van der Waals surface area contributed by atoms with Crippen LogP contribution in [-0.4, -0.2) is 9.13 Å². The third-order valence-corrected chi connectivity index (χ3v) is 9.60. The molecule has 5 heteroatoms. The van der Waals surface area contributed by atoms with Gasteiger partial charge in [0, 0.05) is 32.6 Å². The smallest absolute Gasteiger partial charge is 0.189 e. The summed E-state index contributed by atoms with van der Waals surface area (Å²) in [5.74, 6) is 0. The fraction of sp³-hybridized carbons (Fsp3) is 0. The molecule has 9 aromatic rings. The number of nitriles is 2. The van der Waals surface area contributed by atoms with E-state index in [9.17, 15) is 10.5 Å². The minimum atomic E-state index is 0.555. The van der Waals surface area contributed by atoms with Gasteiger partial charge in [-0.3, -0.25) is 0 Å². The first-order valence-corrected chi connectivity index (χ1v) is 16.3. The van der Waals surface area contributed by atoms with Gasteiger partial charge in [-0.15, -0.1) is 0 Å². The van der Waals surface area contributed by atoms with Crippen LogP contribution >= 0.6 is 0 Å². The van der Waals surface area contributed by atoms with Gasteiger partial charge in [0.1, 0.15) is 6.07 Å². The van der Waals surface area contributed by atoms with Gasteiger partial charge < -0.3 is 9.13 Å². The Morgan fingerprint density at radius 3 is 1.88 bits per heavy atom. The van der Waals surface area contributed by atoms with Crippen molar-refractivity contribution in [2.24, 2.45) is 0 Å². The van der Waals surface area contributed by atoms with Crippen molar-refractivity contribution in [3.8, 4) is 45.8 Å². The normalized spacial score (nSPS) is 11.1. The monoisotopic (exact) mass is 635 g/mol. The first-order chi connectivity index (χ1) is 24.7. The highest BCUT2D eigenvalue weighted by Crippen LogP contribution is 2.39. The fourth-order valence-electron chi connectivity index (χ4n) is 7.37. The molecule has 2 aromatic heterocycles. The van der Waals surface area contributed by atoms with Crippen LogP contribution in [-0.2, 0) is 0 Å². The van der Waals surface area contributed by atoms with E-state index < -0.39 is 0 Å². The molecule has 0 amide bonds. The van der Waals surface area contributed by atoms with Gasteiger partial charge in [-0.05, 0) is 77.4 Å². The van der Waals surface area contributed by atoms with Crippen molar-refractivity contribution in [1.29, 1.82) is 10.5 Å². The van der Waals surface area contributed by atoms with Crippen LogP contribution in [0.25, 0.3) is 82.1 Å². The second-order valence-electron chi connectivity index (χ2n) is 12.3. The predicted molar refractivity (Wildman–Crippen MR) is 202 cm³/mol. The number of benzene rings is 7. The molecule has 0 aliphatic carbocycles. The van der Waals surface area contributed by atoms with E-state index in [2.05, 4.69) is 111 Å². The maximum Gasteiger partial charge on any atom is 0.189 e. The van der Waals surface area contributed by atoms with Crippen LogP contribution in [0.4, 0.5) is 5.69 Å². The van der Waals surface area contributed by atoms with E-state index in [4.69, 9.17) is 6.57 Å². The average molecular weight is 636 g/mol. The summed E-state index contributed by atoms with van der Waals surface area (Å²) < 4.78 is 4.38. The molecule has 5 nitrogen and oxygen atoms in total. The van der Waals surface area contributed by atoms with Crippen molar-refractivity contribution in [3.05, 3.63) is 174 Å². The summed E-state index contributed by atoms with van der Waals surface area (Å²) in [6.45, 7) is 7.68. The highest BCUT2D eigenvalue weighted by Gasteiger charge is 2.18. The molecule has 7 aromatic carbocycles. The van der Waals surface area contributed by atoms with Gasteiger partial charge in [-0.2, -0.15) is 10.5 Å². The molecule has 230 valence electrons. The van der Waals surface area contributed by atoms with Gasteiger partial charge >= 0.3 is 0 Å². The maximum absolute atomic E-state index is 10.4. The number of rotatable bonds is 4. The van der Waals surface area contributed by atoms with E-state index in [0.717, 1.165) is 77.2 Å². The number of fused-ring (bicyclic) bond motifs is 6. The third-order valence-electron chi connectivity index (χ3n) is 9.60. The zero-order valence-electron chi connectivity index (χ0n) is 26.7. The van der Waals surface area contributed by atoms with Crippen molar-refractivity contribution in [1.82, 2.24) is 9.13 Å². The van der Waals surface area contributed by atoms with Crippen LogP contribution in [0.3, 0.4) is 0 Å².